The Morgan fingerprint density at radius 3 is 2.96 bits per heavy atom. The molecule has 0 radical (unpaired) electrons. The van der Waals surface area contributed by atoms with Crippen LogP contribution in [0, 0.1) is 6.08 Å². The normalized spacial score (nSPS) is 21.2. The first kappa shape index (κ1) is 14.9. The molecule has 1 aliphatic carbocycles. The highest BCUT2D eigenvalue weighted by Gasteiger charge is 2.42. The van der Waals surface area contributed by atoms with Gasteiger partial charge in [-0.1, -0.05) is 18.2 Å². The number of nitrogens with zero attached hydrogens (tertiary/aromatic N) is 8. The van der Waals surface area contributed by atoms with Crippen molar-refractivity contribution in [3.63, 3.8) is 0 Å². The molecule has 10 heteroatoms. The highest BCUT2D eigenvalue weighted by Crippen LogP contribution is 2.42. The van der Waals surface area contributed by atoms with Crippen LogP contribution < -0.4 is 10.1 Å². The van der Waals surface area contributed by atoms with Gasteiger partial charge in [0.05, 0.1) is 29.4 Å². The number of aliphatic imine (C=N–C) groups is 1. The summed E-state index contributed by atoms with van der Waals surface area (Å²) in [6.45, 7) is 0. The molecule has 9 nitrogen and oxygen atoms in total. The molecule has 1 unspecified atom stereocenters. The molecule has 0 spiro atoms. The number of imidazole rings is 1. The van der Waals surface area contributed by atoms with Crippen molar-refractivity contribution in [2.24, 2.45) is 4.99 Å². The summed E-state index contributed by atoms with van der Waals surface area (Å²) < 4.78 is 15.9. The zero-order valence-electron chi connectivity index (χ0n) is 14.1. The third-order valence-electron chi connectivity index (χ3n) is 5.23. The van der Waals surface area contributed by atoms with E-state index in [0.29, 0.717) is 17.9 Å². The molecule has 27 heavy (non-hydrogen) atoms. The second-order valence-electron chi connectivity index (χ2n) is 7.11. The number of para-hydroxylation sites is 1. The molecule has 2 aromatic heterocycles. The summed E-state index contributed by atoms with van der Waals surface area (Å²) in [7, 11) is 0. The van der Waals surface area contributed by atoms with Gasteiger partial charge in [0.2, 0.25) is 0 Å². The lowest BCUT2D eigenvalue weighted by molar-refractivity contribution is 0.149. The van der Waals surface area contributed by atoms with Crippen LogP contribution in [-0.2, 0) is 6.42 Å². The Labute approximate surface area is 152 Å². The first-order chi connectivity index (χ1) is 13.1. The third-order valence-corrected chi connectivity index (χ3v) is 5.23. The summed E-state index contributed by atoms with van der Waals surface area (Å²) in [6, 6.07) is 7.54. The van der Waals surface area contributed by atoms with Gasteiger partial charge in [-0.2, -0.15) is 9.51 Å². The van der Waals surface area contributed by atoms with Gasteiger partial charge in [0.25, 0.3) is 6.08 Å². The summed E-state index contributed by atoms with van der Waals surface area (Å²) in [4.78, 5) is 9.96. The van der Waals surface area contributed by atoms with Crippen LogP contribution in [0.25, 0.3) is 5.69 Å². The van der Waals surface area contributed by atoms with Crippen LogP contribution in [0.1, 0.15) is 30.3 Å². The van der Waals surface area contributed by atoms with E-state index < -0.39 is 11.7 Å². The van der Waals surface area contributed by atoms with Crippen LogP contribution >= 0.6 is 0 Å². The molecule has 3 aromatic rings. The number of aliphatic hydroxyl groups is 1. The predicted octanol–water partition coefficient (Wildman–Crippen LogP) is 1.08. The maximum absolute atomic E-state index is 14.4. The molecule has 136 valence electrons. The van der Waals surface area contributed by atoms with E-state index in [1.54, 1.807) is 17.7 Å². The van der Waals surface area contributed by atoms with E-state index in [4.69, 9.17) is 0 Å². The molecule has 1 aromatic carbocycles. The summed E-state index contributed by atoms with van der Waals surface area (Å²) in [6.07, 6.45) is 5.97. The van der Waals surface area contributed by atoms with Crippen molar-refractivity contribution < 1.29 is 9.50 Å². The van der Waals surface area contributed by atoms with E-state index in [1.165, 1.54) is 15.6 Å². The van der Waals surface area contributed by atoms with Crippen molar-refractivity contribution in [2.75, 3.05) is 10.1 Å². The van der Waals surface area contributed by atoms with Crippen LogP contribution in [0.15, 0.2) is 41.7 Å². The van der Waals surface area contributed by atoms with Gasteiger partial charge >= 0.3 is 0 Å². The Kier molecular flexibility index (Phi) is 2.70. The zero-order valence-corrected chi connectivity index (χ0v) is 14.1. The maximum Gasteiger partial charge on any atom is 0.295 e. The van der Waals surface area contributed by atoms with Gasteiger partial charge in [0.1, 0.15) is 6.34 Å². The molecule has 0 bridgehead atoms. The van der Waals surface area contributed by atoms with Gasteiger partial charge in [-0.3, -0.25) is 4.57 Å². The van der Waals surface area contributed by atoms with Gasteiger partial charge in [-0.05, 0) is 24.1 Å². The standard InChI is InChI=1S/C17H15FN8O/c18-16-19-8-14-25(16)13-4-2-1-3-12(13)15-20-10-24(26(14)15)23-9-11(21-22-23)7-17(27)5-6-17/h1-4,8-10,15,27H,5-7H2. The monoisotopic (exact) mass is 366 g/mol. The lowest BCUT2D eigenvalue weighted by Crippen LogP contribution is -2.49. The minimum atomic E-state index is -0.645. The highest BCUT2D eigenvalue weighted by atomic mass is 19.1. The molecule has 1 saturated carbocycles. The molecule has 2 aliphatic heterocycles. The number of anilines is 1. The number of aromatic nitrogens is 5. The van der Waals surface area contributed by atoms with Crippen molar-refractivity contribution in [2.45, 2.75) is 31.0 Å². The predicted molar refractivity (Wildman–Crippen MR) is 93.4 cm³/mol. The topological polar surface area (TPSA) is 87.6 Å². The first-order valence-corrected chi connectivity index (χ1v) is 8.71. The van der Waals surface area contributed by atoms with E-state index >= 15 is 0 Å². The highest BCUT2D eigenvalue weighted by molar-refractivity contribution is 5.78. The number of hydrogen-bond acceptors (Lipinski definition) is 7. The zero-order chi connectivity index (χ0) is 18.2. The quantitative estimate of drug-likeness (QED) is 0.747. The molecule has 1 fully saturated rings. The van der Waals surface area contributed by atoms with Gasteiger partial charge in [-0.25, -0.2) is 15.0 Å². The molecule has 3 aliphatic rings. The Bertz CT molecular complexity index is 1080. The second-order valence-corrected chi connectivity index (χ2v) is 7.11. The molecular weight excluding hydrogens is 351 g/mol. The summed E-state index contributed by atoms with van der Waals surface area (Å²) in [5.41, 5.74) is 1.64. The maximum atomic E-state index is 14.4. The average Bonchev–Trinajstić information content (AvgIpc) is 3.07. The van der Waals surface area contributed by atoms with Crippen molar-refractivity contribution in [1.29, 1.82) is 0 Å². The SMILES string of the molecule is OC1(Cc2cn(N3C=NC4c5ccccc5-n5c(cnc5F)N43)nn2)CC1. The Morgan fingerprint density at radius 1 is 1.26 bits per heavy atom. The molecule has 4 heterocycles. The van der Waals surface area contributed by atoms with Crippen molar-refractivity contribution >= 4 is 12.2 Å². The van der Waals surface area contributed by atoms with Crippen molar-refractivity contribution in [3.05, 3.63) is 54.0 Å². The minimum Gasteiger partial charge on any atom is -0.389 e. The molecule has 1 atom stereocenters. The van der Waals surface area contributed by atoms with E-state index in [1.807, 2.05) is 29.3 Å². The van der Waals surface area contributed by atoms with Gasteiger partial charge in [0, 0.05) is 12.0 Å². The minimum absolute atomic E-state index is 0.343. The summed E-state index contributed by atoms with van der Waals surface area (Å²) in [5.74, 6) is 0.548. The van der Waals surface area contributed by atoms with Gasteiger partial charge < -0.3 is 5.11 Å². The fourth-order valence-electron chi connectivity index (χ4n) is 3.69. The number of halogens is 1. The van der Waals surface area contributed by atoms with Crippen molar-refractivity contribution in [3.8, 4) is 5.69 Å². The lowest BCUT2D eigenvalue weighted by Gasteiger charge is -2.36. The number of hydrazine groups is 1. The summed E-state index contributed by atoms with van der Waals surface area (Å²) in [5, 5.41) is 21.9. The number of fused-ring (bicyclic) bond motifs is 6. The average molecular weight is 366 g/mol. The van der Waals surface area contributed by atoms with Gasteiger partial charge in [0.15, 0.2) is 12.0 Å². The van der Waals surface area contributed by atoms with E-state index in [-0.39, 0.29) is 6.17 Å². The Balaban J connectivity index is 1.42. The van der Waals surface area contributed by atoms with Crippen LogP contribution in [0.2, 0.25) is 0 Å². The van der Waals surface area contributed by atoms with Crippen LogP contribution in [-0.4, -0.2) is 41.7 Å². The van der Waals surface area contributed by atoms with Crippen LogP contribution in [0.3, 0.4) is 0 Å². The molecule has 6 rings (SSSR count). The van der Waals surface area contributed by atoms with E-state index in [9.17, 15) is 9.50 Å². The van der Waals surface area contributed by atoms with Gasteiger partial charge in [-0.15, -0.1) is 9.89 Å². The Morgan fingerprint density at radius 2 is 2.11 bits per heavy atom. The molecule has 1 N–H and O–H groups in total. The third kappa shape index (κ3) is 2.07. The molecule has 0 amide bonds. The molecule has 0 saturated heterocycles. The Hall–Kier alpha value is -3.27. The number of rotatable bonds is 3. The lowest BCUT2D eigenvalue weighted by atomic mass is 10.1. The van der Waals surface area contributed by atoms with Crippen LogP contribution in [0.4, 0.5) is 10.2 Å². The number of hydrogen-bond donors (Lipinski definition) is 1. The largest absolute Gasteiger partial charge is 0.389 e. The smallest absolute Gasteiger partial charge is 0.295 e. The first-order valence-electron chi connectivity index (χ1n) is 8.71. The second kappa shape index (κ2) is 4.92. The fourth-order valence-corrected chi connectivity index (χ4v) is 3.69. The summed E-state index contributed by atoms with van der Waals surface area (Å²) >= 11 is 0. The number of benzene rings is 1. The van der Waals surface area contributed by atoms with E-state index in [2.05, 4.69) is 20.3 Å². The molecular formula is C17H15FN8O. The fraction of sp³-hybridized carbons (Fsp3) is 0.294. The van der Waals surface area contributed by atoms with Crippen LogP contribution in [0.5, 0.6) is 0 Å². The van der Waals surface area contributed by atoms with Crippen molar-refractivity contribution in [1.82, 2.24) is 24.7 Å². The van der Waals surface area contributed by atoms with E-state index in [0.717, 1.165) is 24.1 Å².